The molecule has 11 heteroatoms. The van der Waals surface area contributed by atoms with Gasteiger partial charge in [-0.15, -0.1) is 0 Å². The Balaban J connectivity index is 1.05. The molecule has 1 amide bonds. The summed E-state index contributed by atoms with van der Waals surface area (Å²) < 4.78 is 20.9. The predicted molar refractivity (Wildman–Crippen MR) is 190 cm³/mol. The van der Waals surface area contributed by atoms with Crippen LogP contribution < -0.4 is 15.4 Å². The molecular weight excluding hydrogens is 619 g/mol. The molecule has 250 valence electrons. The molecule has 2 fully saturated rings. The van der Waals surface area contributed by atoms with Crippen LogP contribution in [0.3, 0.4) is 0 Å². The Kier molecular flexibility index (Phi) is 8.76. The Bertz CT molecular complexity index is 2110. The minimum atomic E-state index is -0.334. The van der Waals surface area contributed by atoms with Crippen molar-refractivity contribution in [3.05, 3.63) is 79.0 Å². The third-order valence-electron chi connectivity index (χ3n) is 9.67. The standard InChI is InChI=1S/C38H39FN8O2/c39-27-15-25(17-29(18-27)49-13-12-47-10-1-2-11-47)30-4-3-5-33-31(30)19-35(44-33)38-32-20-34(42-23-36(32)45-46-38)26-16-28(22-41-21-26)43-37(48)14-24-6-8-40-9-7-24/h3-5,15-24,40,44H,1-2,6-14H2,(H,43,48)(H,45,46). The first-order valence-electron chi connectivity index (χ1n) is 17.1. The monoisotopic (exact) mass is 658 g/mol. The minimum Gasteiger partial charge on any atom is -0.492 e. The van der Waals surface area contributed by atoms with E-state index >= 15 is 0 Å². The molecule has 2 saturated heterocycles. The fourth-order valence-corrected chi connectivity index (χ4v) is 7.12. The number of carbonyl (C=O) groups excluding carboxylic acids is 1. The second-order valence-corrected chi connectivity index (χ2v) is 13.1. The number of aromatic nitrogens is 5. The van der Waals surface area contributed by atoms with E-state index in [0.717, 1.165) is 95.4 Å². The quantitative estimate of drug-likeness (QED) is 0.128. The van der Waals surface area contributed by atoms with Crippen LogP contribution >= 0.6 is 0 Å². The molecule has 0 bridgehead atoms. The summed E-state index contributed by atoms with van der Waals surface area (Å²) >= 11 is 0. The van der Waals surface area contributed by atoms with Crippen LogP contribution in [0.25, 0.3) is 55.6 Å². The molecule has 2 aliphatic heterocycles. The van der Waals surface area contributed by atoms with Gasteiger partial charge in [-0.25, -0.2) is 4.39 Å². The summed E-state index contributed by atoms with van der Waals surface area (Å²) in [6.07, 6.45) is 10.2. The Labute approximate surface area is 283 Å². The molecule has 0 aliphatic carbocycles. The lowest BCUT2D eigenvalue weighted by atomic mass is 9.94. The molecule has 6 aromatic rings. The van der Waals surface area contributed by atoms with E-state index in [9.17, 15) is 9.18 Å². The number of anilines is 1. The SMILES string of the molecule is O=C(CC1CCNCC1)Nc1cncc(-c2cc3c(-c4cc5c(-c6cc(F)cc(OCCN7CCCC7)c6)cccc5[nH]4)n[nH]c3cn2)c1. The highest BCUT2D eigenvalue weighted by atomic mass is 19.1. The summed E-state index contributed by atoms with van der Waals surface area (Å²) in [5.41, 5.74) is 7.06. The molecule has 0 saturated carbocycles. The van der Waals surface area contributed by atoms with Crippen LogP contribution in [0.2, 0.25) is 0 Å². The van der Waals surface area contributed by atoms with Gasteiger partial charge in [0.15, 0.2) is 0 Å². The lowest BCUT2D eigenvalue weighted by Gasteiger charge is -2.21. The normalized spacial score (nSPS) is 15.7. The molecule has 2 aromatic carbocycles. The van der Waals surface area contributed by atoms with Crippen molar-refractivity contribution in [3.63, 3.8) is 0 Å². The first kappa shape index (κ1) is 31.2. The number of carbonyl (C=O) groups is 1. The highest BCUT2D eigenvalue weighted by Crippen LogP contribution is 2.36. The van der Waals surface area contributed by atoms with Crippen LogP contribution in [-0.2, 0) is 4.79 Å². The highest BCUT2D eigenvalue weighted by Gasteiger charge is 2.19. The fourth-order valence-electron chi connectivity index (χ4n) is 7.12. The molecule has 4 N–H and O–H groups in total. The third-order valence-corrected chi connectivity index (χ3v) is 9.67. The van der Waals surface area contributed by atoms with E-state index in [1.807, 2.05) is 36.4 Å². The maximum atomic E-state index is 14.9. The number of halogens is 1. The Morgan fingerprint density at radius 1 is 0.959 bits per heavy atom. The van der Waals surface area contributed by atoms with Crippen LogP contribution in [0.5, 0.6) is 5.75 Å². The first-order valence-corrected chi connectivity index (χ1v) is 17.1. The zero-order chi connectivity index (χ0) is 33.2. The molecular formula is C38H39FN8O2. The van der Waals surface area contributed by atoms with Crippen molar-refractivity contribution in [3.8, 4) is 39.5 Å². The molecule has 2 aliphatic rings. The first-order chi connectivity index (χ1) is 24.1. The van der Waals surface area contributed by atoms with E-state index in [1.54, 1.807) is 24.7 Å². The van der Waals surface area contributed by atoms with Gasteiger partial charge >= 0.3 is 0 Å². The molecule has 0 atom stereocenters. The maximum Gasteiger partial charge on any atom is 0.224 e. The molecule has 49 heavy (non-hydrogen) atoms. The third kappa shape index (κ3) is 6.90. The number of aromatic amines is 2. The predicted octanol–water partition coefficient (Wildman–Crippen LogP) is 6.78. The van der Waals surface area contributed by atoms with Crippen molar-refractivity contribution in [2.45, 2.75) is 32.1 Å². The number of benzene rings is 2. The number of nitrogens with zero attached hydrogens (tertiary/aromatic N) is 4. The van der Waals surface area contributed by atoms with Gasteiger partial charge in [0, 0.05) is 47.1 Å². The van der Waals surface area contributed by atoms with E-state index in [2.05, 4.69) is 46.7 Å². The Hall–Kier alpha value is -5.13. The summed E-state index contributed by atoms with van der Waals surface area (Å²) in [6, 6.07) is 16.8. The number of rotatable bonds is 10. The Morgan fingerprint density at radius 3 is 2.71 bits per heavy atom. The number of amides is 1. The van der Waals surface area contributed by atoms with Crippen molar-refractivity contribution in [1.82, 2.24) is 35.4 Å². The van der Waals surface area contributed by atoms with Crippen molar-refractivity contribution in [2.75, 3.05) is 44.6 Å². The number of pyridine rings is 2. The highest BCUT2D eigenvalue weighted by molar-refractivity contribution is 6.01. The topological polar surface area (TPSA) is 124 Å². The van der Waals surface area contributed by atoms with E-state index in [1.165, 1.54) is 18.9 Å². The van der Waals surface area contributed by atoms with Crippen molar-refractivity contribution >= 4 is 33.4 Å². The largest absolute Gasteiger partial charge is 0.492 e. The van der Waals surface area contributed by atoms with Crippen LogP contribution in [0, 0.1) is 11.7 Å². The summed E-state index contributed by atoms with van der Waals surface area (Å²) in [7, 11) is 0. The number of hydrogen-bond donors (Lipinski definition) is 4. The van der Waals surface area contributed by atoms with E-state index < -0.39 is 0 Å². The number of ether oxygens (including phenoxy) is 1. The number of likely N-dealkylation sites (tertiary alicyclic amines) is 1. The number of H-pyrrole nitrogens is 2. The van der Waals surface area contributed by atoms with Gasteiger partial charge in [-0.05, 0) is 105 Å². The van der Waals surface area contributed by atoms with Crippen molar-refractivity contribution in [1.29, 1.82) is 0 Å². The van der Waals surface area contributed by atoms with Gasteiger partial charge in [0.05, 0.1) is 35.0 Å². The lowest BCUT2D eigenvalue weighted by Crippen LogP contribution is -2.30. The molecule has 0 radical (unpaired) electrons. The zero-order valence-corrected chi connectivity index (χ0v) is 27.3. The summed E-state index contributed by atoms with van der Waals surface area (Å²) in [5.74, 6) is 0.598. The molecule has 0 unspecified atom stereocenters. The van der Waals surface area contributed by atoms with E-state index in [0.29, 0.717) is 36.1 Å². The van der Waals surface area contributed by atoms with Gasteiger partial charge in [-0.3, -0.25) is 24.8 Å². The van der Waals surface area contributed by atoms with Crippen molar-refractivity contribution in [2.24, 2.45) is 5.92 Å². The van der Waals surface area contributed by atoms with Gasteiger partial charge in [0.25, 0.3) is 0 Å². The fraction of sp³-hybridized carbons (Fsp3) is 0.316. The minimum absolute atomic E-state index is 0.00377. The van der Waals surface area contributed by atoms with Gasteiger partial charge < -0.3 is 20.4 Å². The smallest absolute Gasteiger partial charge is 0.224 e. The van der Waals surface area contributed by atoms with E-state index in [-0.39, 0.29) is 11.7 Å². The van der Waals surface area contributed by atoms with Gasteiger partial charge in [-0.1, -0.05) is 12.1 Å². The average molecular weight is 659 g/mol. The number of piperidine rings is 1. The summed E-state index contributed by atoms with van der Waals surface area (Å²) in [5, 5.41) is 16.0. The summed E-state index contributed by atoms with van der Waals surface area (Å²) in [6.45, 7) is 5.48. The van der Waals surface area contributed by atoms with Crippen LogP contribution in [0.4, 0.5) is 10.1 Å². The number of nitrogens with one attached hydrogen (secondary N) is 4. The number of fused-ring (bicyclic) bond motifs is 2. The lowest BCUT2D eigenvalue weighted by molar-refractivity contribution is -0.117. The van der Waals surface area contributed by atoms with Crippen molar-refractivity contribution < 1.29 is 13.9 Å². The molecule has 4 aromatic heterocycles. The second-order valence-electron chi connectivity index (χ2n) is 13.1. The molecule has 0 spiro atoms. The van der Waals surface area contributed by atoms with Crippen LogP contribution in [-0.4, -0.2) is 75.3 Å². The molecule has 6 heterocycles. The van der Waals surface area contributed by atoms with E-state index in [4.69, 9.17) is 4.74 Å². The van der Waals surface area contributed by atoms with Crippen LogP contribution in [0.1, 0.15) is 32.1 Å². The number of hydrogen-bond acceptors (Lipinski definition) is 7. The van der Waals surface area contributed by atoms with Gasteiger partial charge in [0.1, 0.15) is 23.9 Å². The maximum absolute atomic E-state index is 14.9. The zero-order valence-electron chi connectivity index (χ0n) is 27.3. The van der Waals surface area contributed by atoms with Gasteiger partial charge in [0.2, 0.25) is 5.91 Å². The molecule has 8 rings (SSSR count). The summed E-state index contributed by atoms with van der Waals surface area (Å²) in [4.78, 5) is 27.7. The Morgan fingerprint density at radius 2 is 1.84 bits per heavy atom. The van der Waals surface area contributed by atoms with Gasteiger partial charge in [-0.2, -0.15) is 5.10 Å². The molecule has 10 nitrogen and oxygen atoms in total. The second kappa shape index (κ2) is 13.8. The van der Waals surface area contributed by atoms with Crippen LogP contribution in [0.15, 0.2) is 73.2 Å². The average Bonchev–Trinajstić information content (AvgIpc) is 3.88.